The summed E-state index contributed by atoms with van der Waals surface area (Å²) >= 11 is 0. The van der Waals surface area contributed by atoms with E-state index in [1.165, 1.54) is 173 Å². The highest BCUT2D eigenvalue weighted by Crippen LogP contribution is 2.15. The number of nitrogens with one attached hydrogen (secondary N) is 1. The Bertz CT molecular complexity index is 385. The molecule has 0 fully saturated rings. The lowest BCUT2D eigenvalue weighted by Crippen LogP contribution is -2.33. The van der Waals surface area contributed by atoms with Gasteiger partial charge in [-0.25, -0.2) is 0 Å². The molecule has 2 unspecified atom stereocenters. The summed E-state index contributed by atoms with van der Waals surface area (Å²) in [6.07, 6.45) is 38.6. The van der Waals surface area contributed by atoms with Crippen LogP contribution in [0.1, 0.15) is 201 Å². The first kappa shape index (κ1) is 35.9. The average Bonchev–Trinajstić information content (AvgIpc) is 2.88. The topological polar surface area (TPSA) is 32.3 Å². The van der Waals surface area contributed by atoms with Gasteiger partial charge in [-0.3, -0.25) is 0 Å². The molecular weight excluding hydrogens is 438 g/mol. The maximum atomic E-state index is 10.3. The van der Waals surface area contributed by atoms with Gasteiger partial charge in [-0.2, -0.15) is 0 Å². The summed E-state index contributed by atoms with van der Waals surface area (Å²) in [5.74, 6) is 0. The predicted molar refractivity (Wildman–Crippen MR) is 164 cm³/mol. The van der Waals surface area contributed by atoms with Crippen LogP contribution in [0.5, 0.6) is 0 Å². The normalized spacial score (nSPS) is 13.3. The number of hydrogen-bond acceptors (Lipinski definition) is 2. The zero-order chi connectivity index (χ0) is 26.4. The van der Waals surface area contributed by atoms with Gasteiger partial charge in [0.25, 0.3) is 0 Å². The summed E-state index contributed by atoms with van der Waals surface area (Å²) in [6.45, 7) is 7.65. The van der Waals surface area contributed by atoms with Crippen LogP contribution in [0.15, 0.2) is 0 Å². The van der Waals surface area contributed by atoms with Crippen LogP contribution in [0.3, 0.4) is 0 Å². The zero-order valence-corrected chi connectivity index (χ0v) is 25.6. The van der Waals surface area contributed by atoms with E-state index in [1.807, 2.05) is 0 Å². The summed E-state index contributed by atoms with van der Waals surface area (Å²) in [6, 6.07) is 0.541. The monoisotopic (exact) mass is 510 g/mol. The van der Waals surface area contributed by atoms with Gasteiger partial charge in [0.05, 0.1) is 6.10 Å². The van der Waals surface area contributed by atoms with Gasteiger partial charge in [0, 0.05) is 12.6 Å². The van der Waals surface area contributed by atoms with Crippen LogP contribution in [0.4, 0.5) is 0 Å². The first-order valence-electron chi connectivity index (χ1n) is 17.1. The first-order chi connectivity index (χ1) is 17.7. The molecular formula is C34H71NO. The second-order valence-electron chi connectivity index (χ2n) is 12.0. The van der Waals surface area contributed by atoms with E-state index in [0.717, 1.165) is 13.0 Å². The summed E-state index contributed by atoms with van der Waals surface area (Å²) in [5, 5.41) is 13.9. The fourth-order valence-electron chi connectivity index (χ4n) is 5.41. The predicted octanol–water partition coefficient (Wildman–Crippen LogP) is 11.3. The van der Waals surface area contributed by atoms with Crippen molar-refractivity contribution in [3.8, 4) is 0 Å². The Kier molecular flexibility index (Phi) is 31.1. The maximum Gasteiger partial charge on any atom is 0.0664 e. The Morgan fingerprint density at radius 3 is 1.03 bits per heavy atom. The minimum atomic E-state index is -0.160. The smallest absolute Gasteiger partial charge is 0.0664 e. The first-order valence-corrected chi connectivity index (χ1v) is 17.1. The number of aliphatic hydroxyl groups excluding tert-OH is 1. The minimum Gasteiger partial charge on any atom is -0.392 e. The van der Waals surface area contributed by atoms with E-state index >= 15 is 0 Å². The zero-order valence-electron chi connectivity index (χ0n) is 25.6. The molecule has 36 heavy (non-hydrogen) atoms. The summed E-state index contributed by atoms with van der Waals surface area (Å²) in [4.78, 5) is 0. The van der Waals surface area contributed by atoms with Crippen LogP contribution in [0.2, 0.25) is 0 Å². The third kappa shape index (κ3) is 30.1. The van der Waals surface area contributed by atoms with Crippen molar-refractivity contribution >= 4 is 0 Å². The fourth-order valence-corrected chi connectivity index (χ4v) is 5.41. The molecule has 0 aromatic rings. The third-order valence-electron chi connectivity index (χ3n) is 8.08. The average molecular weight is 510 g/mol. The quantitative estimate of drug-likeness (QED) is 0.0910. The van der Waals surface area contributed by atoms with Gasteiger partial charge in [0.2, 0.25) is 0 Å². The molecule has 0 heterocycles. The van der Waals surface area contributed by atoms with Crippen molar-refractivity contribution in [2.45, 2.75) is 213 Å². The number of rotatable bonds is 31. The fraction of sp³-hybridized carbons (Fsp3) is 1.00. The number of aliphatic hydroxyl groups is 1. The Labute approximate surface area is 229 Å². The standard InChI is InChI=1S/C34H71NO/c1-4-6-8-10-12-14-16-18-19-20-22-24-26-28-30-33(3)35-32-34(36)31-29-27-25-23-21-17-15-13-11-9-7-5-2/h33-36H,4-32H2,1-3H3. The molecule has 0 aliphatic heterocycles. The molecule has 0 rings (SSSR count). The molecule has 0 saturated heterocycles. The van der Waals surface area contributed by atoms with Crippen LogP contribution in [-0.4, -0.2) is 23.8 Å². The van der Waals surface area contributed by atoms with Gasteiger partial charge >= 0.3 is 0 Å². The van der Waals surface area contributed by atoms with E-state index in [4.69, 9.17) is 0 Å². The van der Waals surface area contributed by atoms with E-state index in [-0.39, 0.29) is 6.10 Å². The minimum absolute atomic E-state index is 0.160. The molecule has 0 aromatic heterocycles. The van der Waals surface area contributed by atoms with E-state index in [9.17, 15) is 5.11 Å². The van der Waals surface area contributed by atoms with Gasteiger partial charge in [-0.05, 0) is 19.8 Å². The molecule has 0 aromatic carbocycles. The summed E-state index contributed by atoms with van der Waals surface area (Å²) in [7, 11) is 0. The highest BCUT2D eigenvalue weighted by molar-refractivity contribution is 4.66. The molecule has 2 heteroatoms. The second kappa shape index (κ2) is 31.1. The molecule has 2 atom stereocenters. The molecule has 0 aliphatic rings. The van der Waals surface area contributed by atoms with Crippen LogP contribution in [-0.2, 0) is 0 Å². The van der Waals surface area contributed by atoms with Crippen molar-refractivity contribution in [3.05, 3.63) is 0 Å². The van der Waals surface area contributed by atoms with Gasteiger partial charge < -0.3 is 10.4 Å². The van der Waals surface area contributed by atoms with Gasteiger partial charge in [-0.15, -0.1) is 0 Å². The summed E-state index contributed by atoms with van der Waals surface area (Å²) < 4.78 is 0. The molecule has 2 N–H and O–H groups in total. The van der Waals surface area contributed by atoms with E-state index in [2.05, 4.69) is 26.1 Å². The lowest BCUT2D eigenvalue weighted by atomic mass is 10.0. The van der Waals surface area contributed by atoms with Crippen molar-refractivity contribution in [1.29, 1.82) is 0 Å². The van der Waals surface area contributed by atoms with E-state index < -0.39 is 0 Å². The second-order valence-corrected chi connectivity index (χ2v) is 12.0. The highest BCUT2D eigenvalue weighted by atomic mass is 16.3. The Hall–Kier alpha value is -0.0800. The van der Waals surface area contributed by atoms with Gasteiger partial charge in [0.15, 0.2) is 0 Å². The maximum absolute atomic E-state index is 10.3. The van der Waals surface area contributed by atoms with E-state index in [0.29, 0.717) is 6.04 Å². The van der Waals surface area contributed by atoms with Crippen molar-refractivity contribution in [1.82, 2.24) is 5.32 Å². The van der Waals surface area contributed by atoms with Gasteiger partial charge in [-0.1, -0.05) is 181 Å². The molecule has 0 spiro atoms. The molecule has 0 bridgehead atoms. The van der Waals surface area contributed by atoms with Crippen LogP contribution in [0, 0.1) is 0 Å². The number of hydrogen-bond donors (Lipinski definition) is 2. The molecule has 0 aliphatic carbocycles. The Morgan fingerprint density at radius 1 is 0.417 bits per heavy atom. The van der Waals surface area contributed by atoms with Crippen LogP contribution < -0.4 is 5.32 Å². The SMILES string of the molecule is CCCCCCCCCCCCCCCCC(C)NCC(O)CCCCCCCCCCCCCC. The molecule has 0 saturated carbocycles. The third-order valence-corrected chi connectivity index (χ3v) is 8.08. The Morgan fingerprint density at radius 2 is 0.694 bits per heavy atom. The van der Waals surface area contributed by atoms with Crippen molar-refractivity contribution in [3.63, 3.8) is 0 Å². The summed E-state index contributed by atoms with van der Waals surface area (Å²) in [5.41, 5.74) is 0. The lowest BCUT2D eigenvalue weighted by molar-refractivity contribution is 0.153. The molecule has 0 radical (unpaired) electrons. The molecule has 2 nitrogen and oxygen atoms in total. The van der Waals surface area contributed by atoms with Crippen molar-refractivity contribution in [2.75, 3.05) is 6.54 Å². The largest absolute Gasteiger partial charge is 0.392 e. The van der Waals surface area contributed by atoms with E-state index in [1.54, 1.807) is 0 Å². The lowest BCUT2D eigenvalue weighted by Gasteiger charge is -2.17. The molecule has 0 amide bonds. The Balaban J connectivity index is 3.26. The van der Waals surface area contributed by atoms with Gasteiger partial charge in [0.1, 0.15) is 0 Å². The van der Waals surface area contributed by atoms with Crippen molar-refractivity contribution < 1.29 is 5.11 Å². The van der Waals surface area contributed by atoms with Crippen LogP contribution >= 0.6 is 0 Å². The highest BCUT2D eigenvalue weighted by Gasteiger charge is 2.07. The van der Waals surface area contributed by atoms with Crippen molar-refractivity contribution in [2.24, 2.45) is 0 Å². The molecule has 218 valence electrons. The van der Waals surface area contributed by atoms with Crippen LogP contribution in [0.25, 0.3) is 0 Å². The number of unbranched alkanes of at least 4 members (excludes halogenated alkanes) is 24.